The molecule has 1 aliphatic heterocycles. The first-order valence-corrected chi connectivity index (χ1v) is 12.0. The fourth-order valence-corrected chi connectivity index (χ4v) is 5.12. The van der Waals surface area contributed by atoms with Gasteiger partial charge in [0.1, 0.15) is 0 Å². The highest BCUT2D eigenvalue weighted by atomic mass is 32.2. The zero-order valence-corrected chi connectivity index (χ0v) is 18.2. The molecule has 8 heteroatoms. The molecule has 31 heavy (non-hydrogen) atoms. The number of rotatable bonds is 4. The van der Waals surface area contributed by atoms with Gasteiger partial charge in [-0.25, -0.2) is 8.42 Å². The molecule has 1 amide bonds. The SMILES string of the molecule is O=C(Nc1cccc(C#Cc2cccs2)c1)c1cccc(S(=O)(=O)N2CCOCC2)c1. The highest BCUT2D eigenvalue weighted by Crippen LogP contribution is 2.19. The summed E-state index contributed by atoms with van der Waals surface area (Å²) in [5.74, 6) is 5.78. The maximum absolute atomic E-state index is 12.9. The normalized spacial score (nSPS) is 14.5. The third-order valence-electron chi connectivity index (χ3n) is 4.68. The highest BCUT2D eigenvalue weighted by Gasteiger charge is 2.26. The number of nitrogens with zero attached hydrogens (tertiary/aromatic N) is 1. The van der Waals surface area contributed by atoms with Crippen molar-refractivity contribution in [1.29, 1.82) is 0 Å². The van der Waals surface area contributed by atoms with Crippen LogP contribution >= 0.6 is 11.3 Å². The van der Waals surface area contributed by atoms with Gasteiger partial charge in [0.15, 0.2) is 0 Å². The van der Waals surface area contributed by atoms with E-state index in [-0.39, 0.29) is 16.4 Å². The molecule has 1 aliphatic rings. The summed E-state index contributed by atoms with van der Waals surface area (Å²) in [7, 11) is -3.67. The number of thiophene rings is 1. The van der Waals surface area contributed by atoms with Crippen LogP contribution in [0.2, 0.25) is 0 Å². The highest BCUT2D eigenvalue weighted by molar-refractivity contribution is 7.89. The van der Waals surface area contributed by atoms with Gasteiger partial charge in [-0.05, 0) is 47.8 Å². The molecule has 0 aliphatic carbocycles. The van der Waals surface area contributed by atoms with Crippen LogP contribution in [0.5, 0.6) is 0 Å². The van der Waals surface area contributed by atoms with Gasteiger partial charge in [-0.1, -0.05) is 30.0 Å². The van der Waals surface area contributed by atoms with E-state index in [1.54, 1.807) is 35.6 Å². The summed E-state index contributed by atoms with van der Waals surface area (Å²) in [6.45, 7) is 1.34. The third-order valence-corrected chi connectivity index (χ3v) is 7.36. The second-order valence-corrected chi connectivity index (χ2v) is 9.69. The molecule has 4 rings (SSSR count). The van der Waals surface area contributed by atoms with Gasteiger partial charge in [0.2, 0.25) is 10.0 Å². The van der Waals surface area contributed by atoms with Crippen molar-refractivity contribution in [3.8, 4) is 11.8 Å². The van der Waals surface area contributed by atoms with Gasteiger partial charge in [0.05, 0.1) is 23.0 Å². The van der Waals surface area contributed by atoms with Gasteiger partial charge in [-0.15, -0.1) is 11.3 Å². The first kappa shape index (κ1) is 21.3. The monoisotopic (exact) mass is 452 g/mol. The number of benzene rings is 2. The average Bonchev–Trinajstić information content (AvgIpc) is 3.32. The fourth-order valence-electron chi connectivity index (χ4n) is 3.10. The second kappa shape index (κ2) is 9.45. The molecule has 1 saturated heterocycles. The summed E-state index contributed by atoms with van der Waals surface area (Å²) >= 11 is 1.56. The lowest BCUT2D eigenvalue weighted by molar-refractivity contribution is 0.0730. The maximum atomic E-state index is 12.9. The Morgan fingerprint density at radius 1 is 1.00 bits per heavy atom. The molecule has 6 nitrogen and oxygen atoms in total. The molecule has 1 N–H and O–H groups in total. The lowest BCUT2D eigenvalue weighted by Crippen LogP contribution is -2.40. The number of hydrogen-bond acceptors (Lipinski definition) is 5. The molecular formula is C23H20N2O4S2. The molecule has 158 valence electrons. The van der Waals surface area contributed by atoms with Crippen molar-refractivity contribution < 1.29 is 17.9 Å². The zero-order chi connectivity index (χ0) is 21.7. The lowest BCUT2D eigenvalue weighted by Gasteiger charge is -2.26. The molecule has 1 aromatic heterocycles. The number of nitrogens with one attached hydrogen (secondary N) is 1. The Morgan fingerprint density at radius 2 is 1.81 bits per heavy atom. The van der Waals surface area contributed by atoms with E-state index < -0.39 is 10.0 Å². The Labute approximate surface area is 185 Å². The first-order valence-electron chi connectivity index (χ1n) is 9.67. The number of anilines is 1. The number of carbonyl (C=O) groups is 1. The minimum Gasteiger partial charge on any atom is -0.379 e. The molecule has 0 bridgehead atoms. The fraction of sp³-hybridized carbons (Fsp3) is 0.174. The topological polar surface area (TPSA) is 75.7 Å². The summed E-state index contributed by atoms with van der Waals surface area (Å²) in [6, 6.07) is 17.2. The van der Waals surface area contributed by atoms with Crippen LogP contribution in [0.1, 0.15) is 20.8 Å². The van der Waals surface area contributed by atoms with Crippen molar-refractivity contribution in [1.82, 2.24) is 4.31 Å². The second-order valence-electron chi connectivity index (χ2n) is 6.81. The number of sulfonamides is 1. The molecular weight excluding hydrogens is 432 g/mol. The minimum absolute atomic E-state index is 0.0950. The first-order chi connectivity index (χ1) is 15.0. The molecule has 0 radical (unpaired) electrons. The number of morpholine rings is 1. The Morgan fingerprint density at radius 3 is 2.58 bits per heavy atom. The predicted molar refractivity (Wildman–Crippen MR) is 121 cm³/mol. The minimum atomic E-state index is -3.67. The number of carbonyl (C=O) groups excluding carboxylic acids is 1. The average molecular weight is 453 g/mol. The van der Waals surface area contributed by atoms with E-state index in [0.717, 1.165) is 10.4 Å². The van der Waals surface area contributed by atoms with E-state index >= 15 is 0 Å². The van der Waals surface area contributed by atoms with Gasteiger partial charge >= 0.3 is 0 Å². The van der Waals surface area contributed by atoms with Crippen molar-refractivity contribution in [2.24, 2.45) is 0 Å². The molecule has 0 saturated carbocycles. The molecule has 2 aromatic carbocycles. The number of ether oxygens (including phenoxy) is 1. The van der Waals surface area contributed by atoms with E-state index in [1.165, 1.54) is 16.4 Å². The standard InChI is InChI=1S/C23H20N2O4S2/c26-23(24-20-6-1-4-18(16-20)9-10-21-7-3-15-30-21)19-5-2-8-22(17-19)31(27,28)25-11-13-29-14-12-25/h1-8,15-17H,11-14H2,(H,24,26). The van der Waals surface area contributed by atoms with Crippen LogP contribution in [0, 0.1) is 11.8 Å². The summed E-state index contributed by atoms with van der Waals surface area (Å²) in [5.41, 5.74) is 1.63. The van der Waals surface area contributed by atoms with Gasteiger partial charge in [-0.2, -0.15) is 4.31 Å². The van der Waals surface area contributed by atoms with Gasteiger partial charge < -0.3 is 10.1 Å². The van der Waals surface area contributed by atoms with Crippen molar-refractivity contribution in [3.05, 3.63) is 82.0 Å². The summed E-state index contributed by atoms with van der Waals surface area (Å²) in [5, 5.41) is 4.78. The Balaban J connectivity index is 1.50. The van der Waals surface area contributed by atoms with Crippen LogP contribution in [0.15, 0.2) is 70.9 Å². The zero-order valence-electron chi connectivity index (χ0n) is 16.6. The summed E-state index contributed by atoms with van der Waals surface area (Å²) in [4.78, 5) is 13.8. The number of amides is 1. The van der Waals surface area contributed by atoms with Crippen LogP contribution in [0.25, 0.3) is 0 Å². The van der Waals surface area contributed by atoms with E-state index in [1.807, 2.05) is 29.6 Å². The van der Waals surface area contributed by atoms with Crippen LogP contribution in [0.4, 0.5) is 5.69 Å². The Bertz CT molecular complexity index is 1240. The third kappa shape index (κ3) is 5.21. The Hall–Kier alpha value is -2.96. The van der Waals surface area contributed by atoms with Crippen LogP contribution in [0.3, 0.4) is 0 Å². The predicted octanol–water partition coefficient (Wildman–Crippen LogP) is 3.42. The van der Waals surface area contributed by atoms with Crippen LogP contribution in [-0.4, -0.2) is 44.9 Å². The van der Waals surface area contributed by atoms with Crippen LogP contribution in [-0.2, 0) is 14.8 Å². The van der Waals surface area contributed by atoms with Crippen LogP contribution < -0.4 is 5.32 Å². The quantitative estimate of drug-likeness (QED) is 0.616. The van der Waals surface area contributed by atoms with E-state index in [9.17, 15) is 13.2 Å². The van der Waals surface area contributed by atoms with Crippen molar-refractivity contribution in [2.75, 3.05) is 31.6 Å². The summed E-state index contributed by atoms with van der Waals surface area (Å²) in [6.07, 6.45) is 0. The van der Waals surface area contributed by atoms with Crippen molar-refractivity contribution >= 4 is 33.0 Å². The van der Waals surface area contributed by atoms with Gasteiger partial charge in [0, 0.05) is 29.9 Å². The van der Waals surface area contributed by atoms with E-state index in [4.69, 9.17) is 4.74 Å². The van der Waals surface area contributed by atoms with E-state index in [2.05, 4.69) is 17.2 Å². The number of hydrogen-bond donors (Lipinski definition) is 1. The smallest absolute Gasteiger partial charge is 0.255 e. The Kier molecular flexibility index (Phi) is 6.49. The van der Waals surface area contributed by atoms with E-state index in [0.29, 0.717) is 32.0 Å². The van der Waals surface area contributed by atoms with Gasteiger partial charge in [0.25, 0.3) is 5.91 Å². The molecule has 0 unspecified atom stereocenters. The lowest BCUT2D eigenvalue weighted by atomic mass is 10.1. The molecule has 3 aromatic rings. The largest absolute Gasteiger partial charge is 0.379 e. The maximum Gasteiger partial charge on any atom is 0.255 e. The molecule has 2 heterocycles. The molecule has 0 spiro atoms. The van der Waals surface area contributed by atoms with Gasteiger partial charge in [-0.3, -0.25) is 4.79 Å². The van der Waals surface area contributed by atoms with Crippen molar-refractivity contribution in [2.45, 2.75) is 4.90 Å². The van der Waals surface area contributed by atoms with Crippen molar-refractivity contribution in [3.63, 3.8) is 0 Å². The summed E-state index contributed by atoms with van der Waals surface area (Å²) < 4.78 is 32.3. The molecule has 0 atom stereocenters. The molecule has 1 fully saturated rings.